The Morgan fingerprint density at radius 2 is 2.07 bits per heavy atom. The van der Waals surface area contributed by atoms with Gasteiger partial charge in [0, 0.05) is 0 Å². The average molecular weight is 211 g/mol. The molecule has 0 aromatic carbocycles. The smallest absolute Gasteiger partial charge is 0.336 e. The van der Waals surface area contributed by atoms with Crippen LogP contribution >= 0.6 is 0 Å². The third-order valence-electron chi connectivity index (χ3n) is 3.77. The highest BCUT2D eigenvalue weighted by Gasteiger charge is 2.74. The molecule has 1 amide bonds. The molecule has 0 unspecified atom stereocenters. The summed E-state index contributed by atoms with van der Waals surface area (Å²) in [5.74, 6) is -0.267. The first kappa shape index (κ1) is 10.5. The topological polar surface area (TPSA) is 55.4 Å². The summed E-state index contributed by atoms with van der Waals surface area (Å²) in [5, 5.41) is 2.82. The lowest BCUT2D eigenvalue weighted by molar-refractivity contribution is -0.220. The van der Waals surface area contributed by atoms with Gasteiger partial charge in [0.2, 0.25) is 5.91 Å². The number of rotatable bonds is 2. The fraction of sp³-hybridized carbons (Fsp3) is 0.818. The molecule has 0 aliphatic carbocycles. The molecule has 3 atom stereocenters. The molecule has 0 saturated carbocycles. The van der Waals surface area contributed by atoms with Crippen molar-refractivity contribution >= 4 is 11.9 Å². The van der Waals surface area contributed by atoms with Crippen molar-refractivity contribution < 1.29 is 14.3 Å². The van der Waals surface area contributed by atoms with Crippen molar-refractivity contribution in [3.8, 4) is 0 Å². The third-order valence-corrected chi connectivity index (χ3v) is 3.77. The van der Waals surface area contributed by atoms with Gasteiger partial charge in [0.15, 0.2) is 11.1 Å². The minimum Gasteiger partial charge on any atom is -0.454 e. The largest absolute Gasteiger partial charge is 0.454 e. The first-order valence-corrected chi connectivity index (χ1v) is 5.39. The number of carbonyl (C=O) groups is 2. The molecule has 0 bridgehead atoms. The van der Waals surface area contributed by atoms with E-state index in [1.165, 1.54) is 0 Å². The molecule has 15 heavy (non-hydrogen) atoms. The molecule has 0 radical (unpaired) electrons. The van der Waals surface area contributed by atoms with Gasteiger partial charge in [-0.2, -0.15) is 0 Å². The molecule has 84 valence electrons. The fourth-order valence-electron chi connectivity index (χ4n) is 2.67. The van der Waals surface area contributed by atoms with Gasteiger partial charge in [0.1, 0.15) is 0 Å². The van der Waals surface area contributed by atoms with Crippen LogP contribution in [0.4, 0.5) is 0 Å². The molecule has 2 fully saturated rings. The highest BCUT2D eigenvalue weighted by atomic mass is 16.6. The Labute approximate surface area is 89.4 Å². The lowest BCUT2D eigenvalue weighted by Crippen LogP contribution is -2.74. The Hall–Kier alpha value is -1.06. The second-order valence-electron chi connectivity index (χ2n) is 5.21. The second-order valence-corrected chi connectivity index (χ2v) is 5.21. The number of esters is 1. The van der Waals surface area contributed by atoms with Gasteiger partial charge in [-0.3, -0.25) is 4.79 Å². The van der Waals surface area contributed by atoms with Gasteiger partial charge >= 0.3 is 5.97 Å². The maximum absolute atomic E-state index is 11.6. The van der Waals surface area contributed by atoms with Crippen molar-refractivity contribution in [2.24, 2.45) is 11.8 Å². The van der Waals surface area contributed by atoms with Gasteiger partial charge < -0.3 is 10.1 Å². The molecule has 0 aromatic heterocycles. The Morgan fingerprint density at radius 1 is 1.47 bits per heavy atom. The summed E-state index contributed by atoms with van der Waals surface area (Å²) in [6, 6.07) is 0. The first-order valence-electron chi connectivity index (χ1n) is 5.39. The molecule has 2 aliphatic rings. The zero-order valence-electron chi connectivity index (χ0n) is 9.59. The molecule has 2 saturated heterocycles. The van der Waals surface area contributed by atoms with Crippen molar-refractivity contribution in [3.63, 3.8) is 0 Å². The van der Waals surface area contributed by atoms with Crippen LogP contribution in [-0.2, 0) is 14.3 Å². The molecule has 2 aliphatic heterocycles. The van der Waals surface area contributed by atoms with Crippen molar-refractivity contribution in [1.29, 1.82) is 0 Å². The number of fused-ring (bicyclic) bond motifs is 1. The van der Waals surface area contributed by atoms with Crippen LogP contribution in [0.15, 0.2) is 0 Å². The maximum Gasteiger partial charge on any atom is 0.336 e. The van der Waals surface area contributed by atoms with Gasteiger partial charge in [0.05, 0.1) is 5.92 Å². The predicted molar refractivity (Wildman–Crippen MR) is 54.0 cm³/mol. The van der Waals surface area contributed by atoms with E-state index in [2.05, 4.69) is 5.32 Å². The number of hydrogen-bond donors (Lipinski definition) is 1. The van der Waals surface area contributed by atoms with Crippen LogP contribution in [-0.4, -0.2) is 23.0 Å². The van der Waals surface area contributed by atoms with Crippen molar-refractivity contribution in [3.05, 3.63) is 0 Å². The van der Waals surface area contributed by atoms with E-state index in [1.54, 1.807) is 0 Å². The van der Waals surface area contributed by atoms with Crippen molar-refractivity contribution in [1.82, 2.24) is 5.32 Å². The normalized spacial score (nSPS) is 43.4. The third kappa shape index (κ3) is 1.02. The molecule has 0 spiro atoms. The maximum atomic E-state index is 11.6. The van der Waals surface area contributed by atoms with E-state index in [0.29, 0.717) is 12.3 Å². The van der Waals surface area contributed by atoms with E-state index < -0.39 is 11.1 Å². The second kappa shape index (κ2) is 2.74. The lowest BCUT2D eigenvalue weighted by Gasteiger charge is -2.51. The molecule has 1 N–H and O–H groups in total. The summed E-state index contributed by atoms with van der Waals surface area (Å²) in [7, 11) is 0. The summed E-state index contributed by atoms with van der Waals surface area (Å²) in [5.41, 5.74) is -1.41. The van der Waals surface area contributed by atoms with Crippen molar-refractivity contribution in [2.75, 3.05) is 0 Å². The summed E-state index contributed by atoms with van der Waals surface area (Å²) in [4.78, 5) is 23.3. The van der Waals surface area contributed by atoms with Crippen LogP contribution in [0.25, 0.3) is 0 Å². The standard InChI is InChI=1S/C11H17NO3/c1-6(2)5-11-9(14)15-10(11,4)7(3)8(13)12-11/h6-7H,5H2,1-4H3,(H,12,13)/t7-,10+,11+/m1/s1. The molecule has 0 aromatic rings. The lowest BCUT2D eigenvalue weighted by atomic mass is 9.69. The Morgan fingerprint density at radius 3 is 2.47 bits per heavy atom. The minimum absolute atomic E-state index is 0.0796. The fourth-order valence-corrected chi connectivity index (χ4v) is 2.67. The Balaban J connectivity index is 2.36. The van der Waals surface area contributed by atoms with Crippen molar-refractivity contribution in [2.45, 2.75) is 45.3 Å². The SMILES string of the molecule is CC(C)C[C@@]12NC(=O)[C@@H](C)[C@]1(C)OC2=O. The molecule has 2 heterocycles. The van der Waals surface area contributed by atoms with E-state index in [1.807, 2.05) is 27.7 Å². The van der Waals surface area contributed by atoms with Gasteiger partial charge in [-0.15, -0.1) is 0 Å². The zero-order valence-corrected chi connectivity index (χ0v) is 9.59. The number of amides is 1. The molecular formula is C11H17NO3. The predicted octanol–water partition coefficient (Wildman–Crippen LogP) is 0.853. The Kier molecular flexibility index (Phi) is 1.91. The highest BCUT2D eigenvalue weighted by molar-refractivity contribution is 6.00. The zero-order chi connectivity index (χ0) is 11.4. The Bertz CT molecular complexity index is 339. The average Bonchev–Trinajstić information content (AvgIpc) is 2.26. The molecule has 2 rings (SSSR count). The highest BCUT2D eigenvalue weighted by Crippen LogP contribution is 2.51. The van der Waals surface area contributed by atoms with Crippen LogP contribution in [0.5, 0.6) is 0 Å². The van der Waals surface area contributed by atoms with E-state index >= 15 is 0 Å². The summed E-state index contributed by atoms with van der Waals surface area (Å²) >= 11 is 0. The van der Waals surface area contributed by atoms with Gasteiger partial charge in [0.25, 0.3) is 0 Å². The van der Waals surface area contributed by atoms with E-state index in [9.17, 15) is 9.59 Å². The van der Waals surface area contributed by atoms with E-state index in [4.69, 9.17) is 4.74 Å². The quantitative estimate of drug-likeness (QED) is 0.689. The number of ether oxygens (including phenoxy) is 1. The molecular weight excluding hydrogens is 194 g/mol. The number of hydrogen-bond acceptors (Lipinski definition) is 3. The van der Waals surface area contributed by atoms with E-state index in [-0.39, 0.29) is 17.8 Å². The van der Waals surface area contributed by atoms with Crippen LogP contribution in [0.2, 0.25) is 0 Å². The monoisotopic (exact) mass is 211 g/mol. The molecule has 4 nitrogen and oxygen atoms in total. The first-order chi connectivity index (χ1) is 6.83. The minimum atomic E-state index is -0.766. The van der Waals surface area contributed by atoms with Crippen LogP contribution in [0, 0.1) is 11.8 Å². The van der Waals surface area contributed by atoms with Gasteiger partial charge in [-0.1, -0.05) is 13.8 Å². The summed E-state index contributed by atoms with van der Waals surface area (Å²) in [6.45, 7) is 7.73. The van der Waals surface area contributed by atoms with Crippen LogP contribution < -0.4 is 5.32 Å². The number of nitrogens with one attached hydrogen (secondary N) is 1. The van der Waals surface area contributed by atoms with Crippen LogP contribution in [0.3, 0.4) is 0 Å². The number of carbonyl (C=O) groups excluding carboxylic acids is 2. The van der Waals surface area contributed by atoms with Gasteiger partial charge in [-0.25, -0.2) is 4.79 Å². The summed E-state index contributed by atoms with van der Waals surface area (Å²) in [6.07, 6.45) is 0.651. The van der Waals surface area contributed by atoms with E-state index in [0.717, 1.165) is 0 Å². The molecule has 4 heteroatoms. The van der Waals surface area contributed by atoms with Crippen LogP contribution in [0.1, 0.15) is 34.1 Å². The van der Waals surface area contributed by atoms with Gasteiger partial charge in [-0.05, 0) is 26.2 Å². The summed E-state index contributed by atoms with van der Waals surface area (Å²) < 4.78 is 5.22.